The first-order chi connectivity index (χ1) is 8.22. The highest BCUT2D eigenvalue weighted by atomic mass is 32.2. The molecule has 0 radical (unpaired) electrons. The zero-order valence-electron chi connectivity index (χ0n) is 10.8. The second-order valence-corrected chi connectivity index (χ2v) is 5.30. The SMILES string of the molecule is CCC(C(N)=NO)N1CCN(CCSC)CC1. The van der Waals surface area contributed by atoms with Gasteiger partial charge in [0.2, 0.25) is 0 Å². The summed E-state index contributed by atoms with van der Waals surface area (Å²) in [5, 5.41) is 11.9. The fourth-order valence-electron chi connectivity index (χ4n) is 2.24. The largest absolute Gasteiger partial charge is 0.409 e. The van der Waals surface area contributed by atoms with Gasteiger partial charge in [-0.25, -0.2) is 0 Å². The number of rotatable bonds is 6. The molecule has 5 nitrogen and oxygen atoms in total. The van der Waals surface area contributed by atoms with Crippen LogP contribution >= 0.6 is 11.8 Å². The number of thioether (sulfide) groups is 1. The minimum atomic E-state index is 0.0858. The van der Waals surface area contributed by atoms with E-state index in [1.165, 1.54) is 5.75 Å². The first kappa shape index (κ1) is 14.6. The second kappa shape index (κ2) is 7.79. The van der Waals surface area contributed by atoms with Crippen molar-refractivity contribution in [1.82, 2.24) is 9.80 Å². The number of nitrogens with two attached hydrogens (primary N) is 1. The molecule has 0 aliphatic carbocycles. The van der Waals surface area contributed by atoms with Crippen molar-refractivity contribution >= 4 is 17.6 Å². The number of amidine groups is 1. The number of hydrogen-bond donors (Lipinski definition) is 2. The van der Waals surface area contributed by atoms with Crippen molar-refractivity contribution in [3.05, 3.63) is 0 Å². The highest BCUT2D eigenvalue weighted by molar-refractivity contribution is 7.98. The molecule has 0 aromatic heterocycles. The van der Waals surface area contributed by atoms with Crippen molar-refractivity contribution < 1.29 is 5.21 Å². The molecule has 17 heavy (non-hydrogen) atoms. The predicted octanol–water partition coefficient (Wildman–Crippen LogP) is 0.492. The number of piperazine rings is 1. The lowest BCUT2D eigenvalue weighted by atomic mass is 10.1. The molecule has 1 aliphatic rings. The Morgan fingerprint density at radius 1 is 1.41 bits per heavy atom. The average molecular weight is 260 g/mol. The smallest absolute Gasteiger partial charge is 0.156 e. The molecule has 6 heteroatoms. The molecule has 100 valence electrons. The van der Waals surface area contributed by atoms with E-state index in [2.05, 4.69) is 28.1 Å². The Labute approximate surface area is 108 Å². The molecule has 0 spiro atoms. The van der Waals surface area contributed by atoms with E-state index in [0.29, 0.717) is 5.84 Å². The first-order valence-corrected chi connectivity index (χ1v) is 7.55. The minimum absolute atomic E-state index is 0.0858. The molecule has 0 bridgehead atoms. The van der Waals surface area contributed by atoms with Crippen molar-refractivity contribution in [1.29, 1.82) is 0 Å². The average Bonchev–Trinajstić information content (AvgIpc) is 2.38. The Morgan fingerprint density at radius 3 is 2.53 bits per heavy atom. The van der Waals surface area contributed by atoms with Crippen LogP contribution in [0.1, 0.15) is 13.3 Å². The Kier molecular flexibility index (Phi) is 6.69. The molecular formula is C11H24N4OS. The van der Waals surface area contributed by atoms with Crippen molar-refractivity contribution in [2.24, 2.45) is 10.9 Å². The normalized spacial score (nSPS) is 21.6. The van der Waals surface area contributed by atoms with E-state index in [1.54, 1.807) is 0 Å². The van der Waals surface area contributed by atoms with Crippen LogP contribution in [0.15, 0.2) is 5.16 Å². The van der Waals surface area contributed by atoms with Crippen molar-refractivity contribution in [2.45, 2.75) is 19.4 Å². The lowest BCUT2D eigenvalue weighted by Crippen LogP contribution is -2.54. The maximum absolute atomic E-state index is 8.76. The molecule has 1 heterocycles. The van der Waals surface area contributed by atoms with Gasteiger partial charge < -0.3 is 10.9 Å². The van der Waals surface area contributed by atoms with Gasteiger partial charge in [-0.1, -0.05) is 12.1 Å². The van der Waals surface area contributed by atoms with Crippen LogP contribution in [-0.2, 0) is 0 Å². The molecule has 3 N–H and O–H groups in total. The molecular weight excluding hydrogens is 236 g/mol. The van der Waals surface area contributed by atoms with Gasteiger partial charge in [0.15, 0.2) is 5.84 Å². The third-order valence-electron chi connectivity index (χ3n) is 3.30. The standard InChI is InChI=1S/C11H24N4OS/c1-3-10(11(12)13-16)15-6-4-14(5-7-15)8-9-17-2/h10,16H,3-9H2,1-2H3,(H2,12,13). The van der Waals surface area contributed by atoms with Crippen LogP contribution in [0, 0.1) is 0 Å². The van der Waals surface area contributed by atoms with Crippen molar-refractivity contribution in [3.63, 3.8) is 0 Å². The summed E-state index contributed by atoms with van der Waals surface area (Å²) in [4.78, 5) is 4.79. The lowest BCUT2D eigenvalue weighted by molar-refractivity contribution is 0.119. The van der Waals surface area contributed by atoms with E-state index in [-0.39, 0.29) is 6.04 Å². The summed E-state index contributed by atoms with van der Waals surface area (Å²) in [7, 11) is 0. The van der Waals surface area contributed by atoms with Crippen LogP contribution in [0.2, 0.25) is 0 Å². The van der Waals surface area contributed by atoms with Crippen LogP contribution in [0.3, 0.4) is 0 Å². The van der Waals surface area contributed by atoms with Gasteiger partial charge in [0.1, 0.15) is 0 Å². The summed E-state index contributed by atoms with van der Waals surface area (Å²) in [6, 6.07) is 0.0858. The monoisotopic (exact) mass is 260 g/mol. The van der Waals surface area contributed by atoms with Gasteiger partial charge >= 0.3 is 0 Å². The van der Waals surface area contributed by atoms with Gasteiger partial charge in [-0.15, -0.1) is 0 Å². The number of hydrogen-bond acceptors (Lipinski definition) is 5. The van der Waals surface area contributed by atoms with Gasteiger partial charge in [-0.05, 0) is 12.7 Å². The van der Waals surface area contributed by atoms with E-state index >= 15 is 0 Å². The van der Waals surface area contributed by atoms with E-state index in [1.807, 2.05) is 11.8 Å². The topological polar surface area (TPSA) is 65.1 Å². The van der Waals surface area contributed by atoms with Gasteiger partial charge in [0.25, 0.3) is 0 Å². The number of nitrogens with zero attached hydrogens (tertiary/aromatic N) is 3. The third kappa shape index (κ3) is 4.37. The maximum atomic E-state index is 8.76. The van der Waals surface area contributed by atoms with Gasteiger partial charge in [-0.3, -0.25) is 9.80 Å². The summed E-state index contributed by atoms with van der Waals surface area (Å²) in [6.07, 6.45) is 3.03. The Hall–Kier alpha value is -0.460. The maximum Gasteiger partial charge on any atom is 0.156 e. The molecule has 1 unspecified atom stereocenters. The molecule has 1 fully saturated rings. The van der Waals surface area contributed by atoms with Gasteiger partial charge in [0, 0.05) is 38.5 Å². The van der Waals surface area contributed by atoms with Crippen LogP contribution in [0.4, 0.5) is 0 Å². The predicted molar refractivity (Wildman–Crippen MR) is 73.9 cm³/mol. The van der Waals surface area contributed by atoms with Crippen LogP contribution in [-0.4, -0.2) is 71.6 Å². The molecule has 0 aromatic carbocycles. The number of oxime groups is 1. The fourth-order valence-corrected chi connectivity index (χ4v) is 2.68. The Morgan fingerprint density at radius 2 is 2.06 bits per heavy atom. The summed E-state index contributed by atoms with van der Waals surface area (Å²) < 4.78 is 0. The zero-order valence-corrected chi connectivity index (χ0v) is 11.6. The second-order valence-electron chi connectivity index (χ2n) is 4.32. The summed E-state index contributed by atoms with van der Waals surface area (Å²) in [5.41, 5.74) is 5.71. The fraction of sp³-hybridized carbons (Fsp3) is 0.909. The van der Waals surface area contributed by atoms with E-state index in [4.69, 9.17) is 10.9 Å². The van der Waals surface area contributed by atoms with Gasteiger partial charge in [-0.2, -0.15) is 11.8 Å². The van der Waals surface area contributed by atoms with Crippen molar-refractivity contribution in [3.8, 4) is 0 Å². The molecule has 0 saturated carbocycles. The quantitative estimate of drug-likeness (QED) is 0.315. The highest BCUT2D eigenvalue weighted by Crippen LogP contribution is 2.10. The Bertz CT molecular complexity index is 242. The molecule has 1 aliphatic heterocycles. The summed E-state index contributed by atoms with van der Waals surface area (Å²) >= 11 is 1.89. The first-order valence-electron chi connectivity index (χ1n) is 6.15. The zero-order chi connectivity index (χ0) is 12.7. The molecule has 1 rings (SSSR count). The van der Waals surface area contributed by atoms with Crippen LogP contribution in [0.5, 0.6) is 0 Å². The van der Waals surface area contributed by atoms with Crippen LogP contribution < -0.4 is 5.73 Å². The van der Waals surface area contributed by atoms with E-state index < -0.39 is 0 Å². The molecule has 0 aromatic rings. The molecule has 1 saturated heterocycles. The Balaban J connectivity index is 2.39. The van der Waals surface area contributed by atoms with Gasteiger partial charge in [0.05, 0.1) is 6.04 Å². The minimum Gasteiger partial charge on any atom is -0.409 e. The van der Waals surface area contributed by atoms with Crippen molar-refractivity contribution in [2.75, 3.05) is 44.7 Å². The van der Waals surface area contributed by atoms with Crippen LogP contribution in [0.25, 0.3) is 0 Å². The molecule has 1 atom stereocenters. The highest BCUT2D eigenvalue weighted by Gasteiger charge is 2.25. The molecule has 0 amide bonds. The lowest BCUT2D eigenvalue weighted by Gasteiger charge is -2.38. The van der Waals surface area contributed by atoms with E-state index in [0.717, 1.165) is 39.1 Å². The third-order valence-corrected chi connectivity index (χ3v) is 3.89. The summed E-state index contributed by atoms with van der Waals surface area (Å²) in [6.45, 7) is 7.40. The summed E-state index contributed by atoms with van der Waals surface area (Å²) in [5.74, 6) is 1.53. The van der Waals surface area contributed by atoms with E-state index in [9.17, 15) is 0 Å².